The molecule has 7 nitrogen and oxygen atoms in total. The third-order valence-corrected chi connectivity index (χ3v) is 8.11. The van der Waals surface area contributed by atoms with Gasteiger partial charge in [0.05, 0.1) is 14.7 Å². The average Bonchev–Trinajstić information content (AvgIpc) is 3.37. The summed E-state index contributed by atoms with van der Waals surface area (Å²) in [7, 11) is 0. The molecule has 1 amide bonds. The van der Waals surface area contributed by atoms with Crippen molar-refractivity contribution in [2.24, 2.45) is 0 Å². The number of halogens is 2. The van der Waals surface area contributed by atoms with Gasteiger partial charge in [0.1, 0.15) is 18.2 Å². The molecule has 0 spiro atoms. The van der Waals surface area contributed by atoms with E-state index in [1.54, 1.807) is 18.3 Å². The number of fused-ring (bicyclic) bond motifs is 1. The van der Waals surface area contributed by atoms with Gasteiger partial charge in [-0.3, -0.25) is 4.79 Å². The highest BCUT2D eigenvalue weighted by Crippen LogP contribution is 2.39. The summed E-state index contributed by atoms with van der Waals surface area (Å²) in [5, 5.41) is 11.4. The summed E-state index contributed by atoms with van der Waals surface area (Å²) in [6.45, 7) is 5.91. The first-order valence-electron chi connectivity index (χ1n) is 13.1. The minimum absolute atomic E-state index is 0.0356. The molecule has 0 bridgehead atoms. The molecule has 3 aromatic carbocycles. The van der Waals surface area contributed by atoms with Crippen molar-refractivity contribution in [1.82, 2.24) is 20.0 Å². The number of hydrogen-bond acceptors (Lipinski definition) is 7. The molecule has 0 aliphatic rings. The van der Waals surface area contributed by atoms with Crippen LogP contribution in [0.3, 0.4) is 0 Å². The molecule has 0 unspecified atom stereocenters. The van der Waals surface area contributed by atoms with Crippen LogP contribution in [0.5, 0.6) is 5.75 Å². The minimum atomic E-state index is -0.0356. The fraction of sp³-hybridized carbons (Fsp3) is 0.194. The number of carbonyl (C=O) groups excluding carboxylic acids is 1. The highest BCUT2D eigenvalue weighted by Gasteiger charge is 2.15. The molecule has 2 aromatic heterocycles. The van der Waals surface area contributed by atoms with Gasteiger partial charge in [0.25, 0.3) is 0 Å². The van der Waals surface area contributed by atoms with E-state index in [0.29, 0.717) is 47.9 Å². The molecule has 5 aromatic rings. The van der Waals surface area contributed by atoms with Gasteiger partial charge < -0.3 is 20.7 Å². The third-order valence-electron chi connectivity index (χ3n) is 6.61. The lowest BCUT2D eigenvalue weighted by Crippen LogP contribution is -2.29. The zero-order valence-corrected chi connectivity index (χ0v) is 25.0. The Hall–Kier alpha value is -3.69. The van der Waals surface area contributed by atoms with Gasteiger partial charge in [-0.2, -0.15) is 4.37 Å². The predicted octanol–water partition coefficient (Wildman–Crippen LogP) is 7.52. The lowest BCUT2D eigenvalue weighted by Gasteiger charge is -2.15. The molecule has 41 heavy (non-hydrogen) atoms. The van der Waals surface area contributed by atoms with Crippen LogP contribution in [-0.2, 0) is 17.9 Å². The molecule has 0 saturated carbocycles. The lowest BCUT2D eigenvalue weighted by atomic mass is 9.96. The second-order valence-electron chi connectivity index (χ2n) is 9.48. The van der Waals surface area contributed by atoms with Crippen LogP contribution in [0.15, 0.2) is 72.9 Å². The van der Waals surface area contributed by atoms with Crippen LogP contribution in [0.25, 0.3) is 21.2 Å². The van der Waals surface area contributed by atoms with Gasteiger partial charge in [-0.25, -0.2) is 4.98 Å². The van der Waals surface area contributed by atoms with Crippen molar-refractivity contribution < 1.29 is 9.53 Å². The maximum absolute atomic E-state index is 11.0. The summed E-state index contributed by atoms with van der Waals surface area (Å²) in [6.07, 6.45) is 1.70. The molecule has 210 valence electrons. The summed E-state index contributed by atoms with van der Waals surface area (Å²) in [6, 6.07) is 21.8. The van der Waals surface area contributed by atoms with E-state index < -0.39 is 0 Å². The SMILES string of the molecule is CC(=O)NCCNCc1ccc(OCc2cccc(-c3cccc4c(Nc5ncccc5Cl)nsc34)c2C)c(Cl)c1. The van der Waals surface area contributed by atoms with Crippen LogP contribution >= 0.6 is 34.7 Å². The highest BCUT2D eigenvalue weighted by molar-refractivity contribution is 7.14. The van der Waals surface area contributed by atoms with E-state index in [1.807, 2.05) is 36.4 Å². The molecule has 0 radical (unpaired) electrons. The molecular formula is C31H29Cl2N5O2S. The van der Waals surface area contributed by atoms with Crippen molar-refractivity contribution in [3.8, 4) is 16.9 Å². The zero-order chi connectivity index (χ0) is 28.8. The zero-order valence-electron chi connectivity index (χ0n) is 22.6. The quantitative estimate of drug-likeness (QED) is 0.135. The Morgan fingerprint density at radius 1 is 0.951 bits per heavy atom. The van der Waals surface area contributed by atoms with Crippen LogP contribution in [0, 0.1) is 6.92 Å². The Morgan fingerprint density at radius 3 is 2.59 bits per heavy atom. The van der Waals surface area contributed by atoms with Gasteiger partial charge in [0.2, 0.25) is 5.91 Å². The number of aromatic nitrogens is 2. The van der Waals surface area contributed by atoms with Crippen molar-refractivity contribution in [1.29, 1.82) is 0 Å². The number of ether oxygens (including phenoxy) is 1. The number of rotatable bonds is 11. The number of hydrogen-bond donors (Lipinski definition) is 3. The first kappa shape index (κ1) is 28.8. The molecule has 0 fully saturated rings. The fourth-order valence-electron chi connectivity index (χ4n) is 4.47. The third kappa shape index (κ3) is 6.97. The van der Waals surface area contributed by atoms with Crippen LogP contribution < -0.4 is 20.7 Å². The van der Waals surface area contributed by atoms with E-state index in [4.69, 9.17) is 27.9 Å². The Morgan fingerprint density at radius 2 is 1.78 bits per heavy atom. The van der Waals surface area contributed by atoms with Gasteiger partial charge in [-0.15, -0.1) is 0 Å². The van der Waals surface area contributed by atoms with Crippen LogP contribution in [0.2, 0.25) is 10.0 Å². The molecule has 0 saturated heterocycles. The van der Waals surface area contributed by atoms with Crippen molar-refractivity contribution in [3.05, 3.63) is 99.7 Å². The van der Waals surface area contributed by atoms with Crippen molar-refractivity contribution in [3.63, 3.8) is 0 Å². The molecule has 3 N–H and O–H groups in total. The van der Waals surface area contributed by atoms with Crippen LogP contribution in [0.4, 0.5) is 11.6 Å². The second-order valence-corrected chi connectivity index (χ2v) is 11.1. The Labute approximate surface area is 253 Å². The van der Waals surface area contributed by atoms with E-state index in [-0.39, 0.29) is 5.91 Å². The summed E-state index contributed by atoms with van der Waals surface area (Å²) in [5.74, 6) is 1.90. The van der Waals surface area contributed by atoms with Gasteiger partial charge in [-0.05, 0) is 71.0 Å². The van der Waals surface area contributed by atoms with E-state index >= 15 is 0 Å². The number of pyridine rings is 1. The van der Waals surface area contributed by atoms with Crippen molar-refractivity contribution in [2.75, 3.05) is 18.4 Å². The summed E-state index contributed by atoms with van der Waals surface area (Å²) < 4.78 is 11.9. The standard InChI is InChI=1S/C31H29Cl2N5O2S/c1-19-22(18-40-28-12-11-21(16-27(28)33)17-34-14-15-35-20(2)39)6-3-7-23(19)24-8-4-9-25-29(24)41-38-30(25)37-31-26(32)10-5-13-36-31/h3-13,16,34H,14-15,17-18H2,1-2H3,(H,35,39)(H,36,37,38). The number of amides is 1. The summed E-state index contributed by atoms with van der Waals surface area (Å²) >= 11 is 14.3. The fourth-order valence-corrected chi connectivity index (χ4v) is 5.76. The van der Waals surface area contributed by atoms with Gasteiger partial charge >= 0.3 is 0 Å². The number of carbonyl (C=O) groups is 1. The lowest BCUT2D eigenvalue weighted by molar-refractivity contribution is -0.118. The monoisotopic (exact) mass is 605 g/mol. The normalized spacial score (nSPS) is 11.0. The second kappa shape index (κ2) is 13.3. The first-order valence-corrected chi connectivity index (χ1v) is 14.6. The smallest absolute Gasteiger partial charge is 0.216 e. The number of anilines is 2. The molecule has 5 rings (SSSR count). The summed E-state index contributed by atoms with van der Waals surface area (Å²) in [4.78, 5) is 15.3. The average molecular weight is 607 g/mol. The number of nitrogens with one attached hydrogen (secondary N) is 3. The van der Waals surface area contributed by atoms with E-state index in [1.165, 1.54) is 18.5 Å². The highest BCUT2D eigenvalue weighted by atomic mass is 35.5. The van der Waals surface area contributed by atoms with Gasteiger partial charge in [0.15, 0.2) is 5.82 Å². The maximum atomic E-state index is 11.0. The topological polar surface area (TPSA) is 88.2 Å². The molecular weight excluding hydrogens is 577 g/mol. The predicted molar refractivity (Wildman–Crippen MR) is 168 cm³/mol. The Bertz CT molecular complexity index is 1690. The van der Waals surface area contributed by atoms with Crippen LogP contribution in [-0.4, -0.2) is 28.4 Å². The molecule has 2 heterocycles. The maximum Gasteiger partial charge on any atom is 0.216 e. The van der Waals surface area contributed by atoms with Crippen molar-refractivity contribution >= 4 is 62.4 Å². The molecule has 0 atom stereocenters. The van der Waals surface area contributed by atoms with Gasteiger partial charge in [-0.1, -0.05) is 59.6 Å². The van der Waals surface area contributed by atoms with Crippen molar-refractivity contribution in [2.45, 2.75) is 27.0 Å². The Kier molecular flexibility index (Phi) is 9.36. The van der Waals surface area contributed by atoms with E-state index in [0.717, 1.165) is 43.7 Å². The largest absolute Gasteiger partial charge is 0.487 e. The first-order chi connectivity index (χ1) is 19.9. The van der Waals surface area contributed by atoms with E-state index in [2.05, 4.69) is 50.4 Å². The molecule has 10 heteroatoms. The molecule has 0 aliphatic carbocycles. The molecule has 0 aliphatic heterocycles. The minimum Gasteiger partial charge on any atom is -0.487 e. The van der Waals surface area contributed by atoms with Crippen LogP contribution in [0.1, 0.15) is 23.6 Å². The number of nitrogens with zero attached hydrogens (tertiary/aromatic N) is 2. The summed E-state index contributed by atoms with van der Waals surface area (Å²) in [5.41, 5.74) is 5.47. The number of benzene rings is 3. The van der Waals surface area contributed by atoms with E-state index in [9.17, 15) is 4.79 Å². The Balaban J connectivity index is 1.29. The van der Waals surface area contributed by atoms with Gasteiger partial charge in [0, 0.05) is 43.7 Å².